The number of unbranched alkanes of at least 4 members (excludes halogenated alkanes) is 1. The predicted molar refractivity (Wildman–Crippen MR) is 93.1 cm³/mol. The summed E-state index contributed by atoms with van der Waals surface area (Å²) in [6.07, 6.45) is 3.17. The van der Waals surface area contributed by atoms with Crippen LogP contribution in [0.5, 0.6) is 0 Å². The Balaban J connectivity index is 3.74. The van der Waals surface area contributed by atoms with Crippen molar-refractivity contribution >= 4 is 7.32 Å². The van der Waals surface area contributed by atoms with E-state index in [9.17, 15) is 0 Å². The van der Waals surface area contributed by atoms with Gasteiger partial charge in [0.15, 0.2) is 0 Å². The largest absolute Gasteiger partial charge is 0.639 e. The molecule has 0 unspecified atom stereocenters. The summed E-state index contributed by atoms with van der Waals surface area (Å²) in [5.41, 5.74) is 0. The highest BCUT2D eigenvalue weighted by Gasteiger charge is 2.21. The summed E-state index contributed by atoms with van der Waals surface area (Å²) in [6.45, 7) is 9.55. The number of ether oxygens (including phenoxy) is 4. The lowest BCUT2D eigenvalue weighted by Gasteiger charge is -2.15. The average Bonchev–Trinajstić information content (AvgIpc) is 2.60. The van der Waals surface area contributed by atoms with Crippen LogP contribution >= 0.6 is 0 Å². The minimum Gasteiger partial charge on any atom is -0.383 e. The molecule has 0 saturated heterocycles. The highest BCUT2D eigenvalue weighted by Crippen LogP contribution is 1.96. The van der Waals surface area contributed by atoms with Crippen molar-refractivity contribution < 1.29 is 32.9 Å². The minimum absolute atomic E-state index is 0.390. The fourth-order valence-electron chi connectivity index (χ4n) is 1.59. The second kappa shape index (κ2) is 20.8. The van der Waals surface area contributed by atoms with Crippen LogP contribution in [0.15, 0.2) is 0 Å². The molecule has 0 spiro atoms. The van der Waals surface area contributed by atoms with E-state index in [0.717, 1.165) is 32.5 Å². The first-order valence-corrected chi connectivity index (χ1v) is 8.92. The van der Waals surface area contributed by atoms with Crippen molar-refractivity contribution in [1.82, 2.24) is 0 Å². The Hall–Kier alpha value is -0.215. The summed E-state index contributed by atoms with van der Waals surface area (Å²) in [5, 5.41) is 0. The van der Waals surface area contributed by atoms with Gasteiger partial charge in [0.05, 0.1) is 52.9 Å². The molecule has 0 aromatic heterocycles. The Morgan fingerprint density at radius 2 is 1.04 bits per heavy atom. The first-order valence-electron chi connectivity index (χ1n) is 8.92. The molecule has 0 aliphatic carbocycles. The van der Waals surface area contributed by atoms with Gasteiger partial charge in [0.1, 0.15) is 0 Å². The Bertz CT molecular complexity index is 218. The molecule has 0 aliphatic rings. The predicted octanol–water partition coefficient (Wildman–Crippen LogP) is 1.93. The molecule has 0 amide bonds. The van der Waals surface area contributed by atoms with Crippen LogP contribution in [0, 0.1) is 0 Å². The van der Waals surface area contributed by atoms with E-state index in [0.29, 0.717) is 52.9 Å². The quantitative estimate of drug-likeness (QED) is 0.246. The van der Waals surface area contributed by atoms with Crippen molar-refractivity contribution in [3.63, 3.8) is 0 Å². The maximum absolute atomic E-state index is 5.55. The van der Waals surface area contributed by atoms with Crippen LogP contribution < -0.4 is 0 Å². The van der Waals surface area contributed by atoms with E-state index >= 15 is 0 Å². The zero-order valence-electron chi connectivity index (χ0n) is 15.6. The highest BCUT2D eigenvalue weighted by atomic mass is 16.7. The van der Waals surface area contributed by atoms with Gasteiger partial charge in [0.2, 0.25) is 0 Å². The number of hydrogen-bond acceptors (Lipinski definition) is 7. The number of rotatable bonds is 20. The normalized spacial score (nSPS) is 11.1. The summed E-state index contributed by atoms with van der Waals surface area (Å²) >= 11 is 0. The van der Waals surface area contributed by atoms with Crippen LogP contribution in [-0.2, 0) is 32.9 Å². The summed E-state index contributed by atoms with van der Waals surface area (Å²) in [4.78, 5) is 0. The van der Waals surface area contributed by atoms with Crippen LogP contribution in [0.25, 0.3) is 0 Å². The van der Waals surface area contributed by atoms with Crippen molar-refractivity contribution in [2.45, 2.75) is 33.1 Å². The lowest BCUT2D eigenvalue weighted by molar-refractivity contribution is 0.0131. The molecule has 0 saturated carbocycles. The van der Waals surface area contributed by atoms with Gasteiger partial charge in [-0.15, -0.1) is 0 Å². The van der Waals surface area contributed by atoms with E-state index in [1.165, 1.54) is 0 Å². The third kappa shape index (κ3) is 18.1. The van der Waals surface area contributed by atoms with Crippen molar-refractivity contribution in [3.8, 4) is 0 Å². The molecule has 0 aliphatic heterocycles. The third-order valence-corrected chi connectivity index (χ3v) is 2.87. The fraction of sp³-hybridized carbons (Fsp3) is 1.00. The van der Waals surface area contributed by atoms with Gasteiger partial charge >= 0.3 is 7.32 Å². The molecule has 0 heterocycles. The summed E-state index contributed by atoms with van der Waals surface area (Å²) in [7, 11) is 0.914. The maximum atomic E-state index is 5.55. The molecule has 0 aromatic rings. The molecule has 0 radical (unpaired) electrons. The Kier molecular flexibility index (Phi) is 20.6. The molecular weight excluding hydrogens is 315 g/mol. The summed E-state index contributed by atoms with van der Waals surface area (Å²) < 4.78 is 37.7. The Morgan fingerprint density at radius 3 is 1.54 bits per heavy atom. The molecule has 7 nitrogen and oxygen atoms in total. The lowest BCUT2D eigenvalue weighted by atomic mass is 10.2. The smallest absolute Gasteiger partial charge is 0.383 e. The van der Waals surface area contributed by atoms with Gasteiger partial charge in [-0.05, 0) is 12.8 Å². The Morgan fingerprint density at radius 1 is 0.542 bits per heavy atom. The van der Waals surface area contributed by atoms with Gasteiger partial charge in [0, 0.05) is 20.3 Å². The van der Waals surface area contributed by atoms with Crippen LogP contribution in [-0.4, -0.2) is 80.5 Å². The second-order valence-electron chi connectivity index (χ2n) is 5.08. The molecule has 0 N–H and O–H groups in total. The van der Waals surface area contributed by atoms with Crippen molar-refractivity contribution in [3.05, 3.63) is 0 Å². The molecule has 0 aromatic carbocycles. The SMILES string of the molecule is CCCCOCCOB(OCCOCCC)OCCOCCOC. The van der Waals surface area contributed by atoms with E-state index < -0.39 is 7.32 Å². The molecule has 0 bridgehead atoms. The van der Waals surface area contributed by atoms with Crippen molar-refractivity contribution in [2.24, 2.45) is 0 Å². The minimum atomic E-state index is -0.726. The van der Waals surface area contributed by atoms with Gasteiger partial charge < -0.3 is 32.9 Å². The first kappa shape index (κ1) is 23.8. The zero-order valence-corrected chi connectivity index (χ0v) is 15.6. The van der Waals surface area contributed by atoms with E-state index in [2.05, 4.69) is 13.8 Å². The average molecular weight is 350 g/mol. The molecule has 0 rings (SSSR count). The van der Waals surface area contributed by atoms with Crippen molar-refractivity contribution in [1.29, 1.82) is 0 Å². The first-order chi connectivity index (χ1) is 11.8. The Labute approximate surface area is 147 Å². The fourth-order valence-corrected chi connectivity index (χ4v) is 1.59. The maximum Gasteiger partial charge on any atom is 0.639 e. The van der Waals surface area contributed by atoms with Crippen LogP contribution in [0.3, 0.4) is 0 Å². The third-order valence-electron chi connectivity index (χ3n) is 2.87. The lowest BCUT2D eigenvalue weighted by Crippen LogP contribution is -2.31. The topological polar surface area (TPSA) is 64.6 Å². The van der Waals surface area contributed by atoms with E-state index in [1.54, 1.807) is 7.11 Å². The number of hydrogen-bond donors (Lipinski definition) is 0. The molecule has 0 atom stereocenters. The van der Waals surface area contributed by atoms with Crippen LogP contribution in [0.4, 0.5) is 0 Å². The van der Waals surface area contributed by atoms with E-state index in [-0.39, 0.29) is 0 Å². The second-order valence-corrected chi connectivity index (χ2v) is 5.08. The zero-order chi connectivity index (χ0) is 17.7. The molecule has 24 heavy (non-hydrogen) atoms. The molecule has 8 heteroatoms. The standard InChI is InChI=1S/C16H35BO7/c1-4-6-8-20-12-15-23-17(22-14-11-19-7-5-2)24-16-13-21-10-9-18-3/h4-16H2,1-3H3. The summed E-state index contributed by atoms with van der Waals surface area (Å²) in [5.74, 6) is 0. The van der Waals surface area contributed by atoms with Gasteiger partial charge in [-0.25, -0.2) is 0 Å². The number of methoxy groups -OCH3 is 1. The summed E-state index contributed by atoms with van der Waals surface area (Å²) in [6, 6.07) is 0. The van der Waals surface area contributed by atoms with Crippen LogP contribution in [0.2, 0.25) is 0 Å². The van der Waals surface area contributed by atoms with E-state index in [4.69, 9.17) is 32.9 Å². The monoisotopic (exact) mass is 350 g/mol. The van der Waals surface area contributed by atoms with E-state index in [1.807, 2.05) is 0 Å². The van der Waals surface area contributed by atoms with Crippen molar-refractivity contribution in [2.75, 3.05) is 73.2 Å². The van der Waals surface area contributed by atoms with Gasteiger partial charge in [0.25, 0.3) is 0 Å². The van der Waals surface area contributed by atoms with Gasteiger partial charge in [-0.2, -0.15) is 0 Å². The highest BCUT2D eigenvalue weighted by molar-refractivity contribution is 6.36. The van der Waals surface area contributed by atoms with Gasteiger partial charge in [-0.3, -0.25) is 0 Å². The molecule has 144 valence electrons. The van der Waals surface area contributed by atoms with Gasteiger partial charge in [-0.1, -0.05) is 20.3 Å². The molecular formula is C16H35BO7. The van der Waals surface area contributed by atoms with Crippen LogP contribution in [0.1, 0.15) is 33.1 Å². The molecule has 0 fully saturated rings.